The molecule has 1 atom stereocenters. The predicted octanol–water partition coefficient (Wildman–Crippen LogP) is 1.63. The molecule has 0 spiro atoms. The van der Waals surface area contributed by atoms with E-state index in [-0.39, 0.29) is 0 Å². The fraction of sp³-hybridized carbons (Fsp3) is 0.750. The molecule has 2 heterocycles. The standard InChI is InChI=1S/C16H27N3/c1-13-15-5-3-4-14(16(15)6-9-18(13)2)12-19-10-7-17-8-11-19/h5,13,17H,3-4,6-12H2,1-2H3. The predicted molar refractivity (Wildman–Crippen MR) is 80.4 cm³/mol. The van der Waals surface area contributed by atoms with Crippen molar-refractivity contribution in [3.8, 4) is 0 Å². The Balaban J connectivity index is 1.76. The Kier molecular flexibility index (Phi) is 4.06. The van der Waals surface area contributed by atoms with Crippen LogP contribution in [0.4, 0.5) is 0 Å². The smallest absolute Gasteiger partial charge is 0.0316 e. The minimum absolute atomic E-state index is 0.613. The topological polar surface area (TPSA) is 18.5 Å². The summed E-state index contributed by atoms with van der Waals surface area (Å²) < 4.78 is 0. The van der Waals surface area contributed by atoms with E-state index in [1.54, 1.807) is 16.7 Å². The summed E-state index contributed by atoms with van der Waals surface area (Å²) in [6.07, 6.45) is 6.29. The lowest BCUT2D eigenvalue weighted by Gasteiger charge is -2.38. The molecule has 3 rings (SSSR count). The van der Waals surface area contributed by atoms with E-state index in [1.807, 2.05) is 0 Å². The van der Waals surface area contributed by atoms with Gasteiger partial charge in [-0.15, -0.1) is 0 Å². The first-order valence-electron chi connectivity index (χ1n) is 7.80. The van der Waals surface area contributed by atoms with Crippen molar-refractivity contribution >= 4 is 0 Å². The molecule has 2 saturated heterocycles. The Bertz CT molecular complexity index is 391. The Morgan fingerprint density at radius 2 is 2.00 bits per heavy atom. The SMILES string of the molecule is CC1C2=CCCC(CN3CCNCC3)=C2CCN1C. The molecular weight excluding hydrogens is 234 g/mol. The zero-order valence-corrected chi connectivity index (χ0v) is 12.4. The number of rotatable bonds is 2. The van der Waals surface area contributed by atoms with Gasteiger partial charge in [0.1, 0.15) is 0 Å². The molecule has 0 aromatic heterocycles. The number of piperidine rings is 1. The lowest BCUT2D eigenvalue weighted by atomic mass is 9.82. The van der Waals surface area contributed by atoms with Gasteiger partial charge in [0.25, 0.3) is 0 Å². The lowest BCUT2D eigenvalue weighted by Crippen LogP contribution is -2.45. The highest BCUT2D eigenvalue weighted by Crippen LogP contribution is 2.35. The van der Waals surface area contributed by atoms with Crippen LogP contribution in [0.5, 0.6) is 0 Å². The molecule has 106 valence electrons. The second-order valence-corrected chi connectivity index (χ2v) is 6.21. The average molecular weight is 261 g/mol. The van der Waals surface area contributed by atoms with E-state index in [1.165, 1.54) is 45.4 Å². The van der Waals surface area contributed by atoms with Crippen molar-refractivity contribution in [1.29, 1.82) is 0 Å². The number of piperazine rings is 1. The van der Waals surface area contributed by atoms with E-state index < -0.39 is 0 Å². The van der Waals surface area contributed by atoms with Gasteiger partial charge in [-0.3, -0.25) is 9.80 Å². The summed E-state index contributed by atoms with van der Waals surface area (Å²) in [5, 5.41) is 3.45. The van der Waals surface area contributed by atoms with Gasteiger partial charge in [0, 0.05) is 45.3 Å². The van der Waals surface area contributed by atoms with E-state index >= 15 is 0 Å². The first-order valence-corrected chi connectivity index (χ1v) is 7.80. The zero-order valence-electron chi connectivity index (χ0n) is 12.4. The maximum Gasteiger partial charge on any atom is 0.0316 e. The van der Waals surface area contributed by atoms with Crippen molar-refractivity contribution in [3.05, 3.63) is 22.8 Å². The third-order valence-electron chi connectivity index (χ3n) is 5.04. The minimum Gasteiger partial charge on any atom is -0.314 e. The van der Waals surface area contributed by atoms with Gasteiger partial charge in [0.2, 0.25) is 0 Å². The highest BCUT2D eigenvalue weighted by atomic mass is 15.2. The van der Waals surface area contributed by atoms with Crippen molar-refractivity contribution in [2.45, 2.75) is 32.2 Å². The molecule has 3 heteroatoms. The van der Waals surface area contributed by atoms with E-state index in [0.717, 1.165) is 13.1 Å². The first kappa shape index (κ1) is 13.3. The Morgan fingerprint density at radius 1 is 1.21 bits per heavy atom. The monoisotopic (exact) mass is 261 g/mol. The Labute approximate surface area is 117 Å². The van der Waals surface area contributed by atoms with Crippen LogP contribution in [-0.2, 0) is 0 Å². The number of likely N-dealkylation sites (N-methyl/N-ethyl adjacent to an activating group) is 1. The number of hydrogen-bond donors (Lipinski definition) is 1. The molecule has 0 amide bonds. The molecule has 0 saturated carbocycles. The van der Waals surface area contributed by atoms with Crippen molar-refractivity contribution in [2.75, 3.05) is 46.3 Å². The molecule has 2 fully saturated rings. The van der Waals surface area contributed by atoms with Crippen LogP contribution < -0.4 is 5.32 Å². The Hall–Kier alpha value is -0.640. The maximum absolute atomic E-state index is 3.45. The zero-order chi connectivity index (χ0) is 13.2. The normalized spacial score (nSPS) is 30.2. The summed E-state index contributed by atoms with van der Waals surface area (Å²) in [7, 11) is 2.26. The highest BCUT2D eigenvalue weighted by Gasteiger charge is 2.28. The van der Waals surface area contributed by atoms with Crippen LogP contribution in [0.2, 0.25) is 0 Å². The van der Waals surface area contributed by atoms with E-state index in [0.29, 0.717) is 6.04 Å². The number of fused-ring (bicyclic) bond motifs is 1. The summed E-state index contributed by atoms with van der Waals surface area (Å²) in [5.74, 6) is 0. The van der Waals surface area contributed by atoms with Gasteiger partial charge in [-0.25, -0.2) is 0 Å². The minimum atomic E-state index is 0.613. The summed E-state index contributed by atoms with van der Waals surface area (Å²) in [5.41, 5.74) is 5.07. The van der Waals surface area contributed by atoms with Crippen LogP contribution in [-0.4, -0.2) is 62.2 Å². The molecular formula is C16H27N3. The van der Waals surface area contributed by atoms with Gasteiger partial charge in [-0.2, -0.15) is 0 Å². The van der Waals surface area contributed by atoms with Gasteiger partial charge >= 0.3 is 0 Å². The van der Waals surface area contributed by atoms with Crippen LogP contribution in [0.25, 0.3) is 0 Å². The van der Waals surface area contributed by atoms with E-state index in [2.05, 4.69) is 35.2 Å². The molecule has 0 bridgehead atoms. The van der Waals surface area contributed by atoms with Gasteiger partial charge in [0.05, 0.1) is 0 Å². The molecule has 0 aromatic rings. The largest absolute Gasteiger partial charge is 0.314 e. The molecule has 1 N–H and O–H groups in total. The number of nitrogens with zero attached hydrogens (tertiary/aromatic N) is 2. The molecule has 3 nitrogen and oxygen atoms in total. The third kappa shape index (κ3) is 2.78. The molecule has 1 unspecified atom stereocenters. The molecule has 0 radical (unpaired) electrons. The molecule has 3 aliphatic rings. The van der Waals surface area contributed by atoms with Gasteiger partial charge < -0.3 is 5.32 Å². The van der Waals surface area contributed by atoms with Crippen molar-refractivity contribution in [2.24, 2.45) is 0 Å². The second kappa shape index (κ2) is 5.78. The van der Waals surface area contributed by atoms with Crippen molar-refractivity contribution in [3.63, 3.8) is 0 Å². The molecule has 1 aliphatic carbocycles. The Morgan fingerprint density at radius 3 is 2.79 bits per heavy atom. The average Bonchev–Trinajstić information content (AvgIpc) is 2.45. The summed E-state index contributed by atoms with van der Waals surface area (Å²) in [4.78, 5) is 5.12. The van der Waals surface area contributed by atoms with Crippen LogP contribution in [0, 0.1) is 0 Å². The first-order chi connectivity index (χ1) is 9.25. The number of likely N-dealkylation sites (tertiary alicyclic amines) is 1. The summed E-state index contributed by atoms with van der Waals surface area (Å²) >= 11 is 0. The van der Waals surface area contributed by atoms with Gasteiger partial charge in [-0.1, -0.05) is 11.6 Å². The van der Waals surface area contributed by atoms with Crippen molar-refractivity contribution in [1.82, 2.24) is 15.1 Å². The fourth-order valence-electron chi connectivity index (χ4n) is 3.66. The maximum atomic E-state index is 3.45. The lowest BCUT2D eigenvalue weighted by molar-refractivity contribution is 0.249. The quantitative estimate of drug-likeness (QED) is 0.815. The van der Waals surface area contributed by atoms with E-state index in [9.17, 15) is 0 Å². The van der Waals surface area contributed by atoms with Crippen LogP contribution in [0.1, 0.15) is 26.2 Å². The van der Waals surface area contributed by atoms with Crippen LogP contribution in [0.15, 0.2) is 22.8 Å². The second-order valence-electron chi connectivity index (χ2n) is 6.21. The molecule has 0 aromatic carbocycles. The van der Waals surface area contributed by atoms with Crippen LogP contribution >= 0.6 is 0 Å². The number of allylic oxidation sites excluding steroid dienone is 1. The fourth-order valence-corrected chi connectivity index (χ4v) is 3.66. The molecule has 19 heavy (non-hydrogen) atoms. The number of hydrogen-bond acceptors (Lipinski definition) is 3. The van der Waals surface area contributed by atoms with Gasteiger partial charge in [-0.05, 0) is 44.4 Å². The van der Waals surface area contributed by atoms with E-state index in [4.69, 9.17) is 0 Å². The van der Waals surface area contributed by atoms with Gasteiger partial charge in [0.15, 0.2) is 0 Å². The summed E-state index contributed by atoms with van der Waals surface area (Å²) in [6, 6.07) is 0.613. The van der Waals surface area contributed by atoms with Crippen LogP contribution in [0.3, 0.4) is 0 Å². The highest BCUT2D eigenvalue weighted by molar-refractivity contribution is 5.43. The summed E-state index contributed by atoms with van der Waals surface area (Å²) in [6.45, 7) is 9.54. The number of nitrogens with one attached hydrogen (secondary N) is 1. The molecule has 2 aliphatic heterocycles. The van der Waals surface area contributed by atoms with Crippen molar-refractivity contribution < 1.29 is 0 Å². The third-order valence-corrected chi connectivity index (χ3v) is 5.04.